The van der Waals surface area contributed by atoms with Crippen molar-refractivity contribution in [1.82, 2.24) is 20.3 Å². The van der Waals surface area contributed by atoms with E-state index in [1.165, 1.54) is 11.2 Å². The van der Waals surface area contributed by atoms with Crippen LogP contribution in [0.15, 0.2) is 30.4 Å². The van der Waals surface area contributed by atoms with Gasteiger partial charge in [0.05, 0.1) is 5.51 Å². The van der Waals surface area contributed by atoms with Gasteiger partial charge in [0.2, 0.25) is 0 Å². The Bertz CT molecular complexity index is 360. The molecule has 2 rings (SSSR count). The lowest BCUT2D eigenvalue weighted by Crippen LogP contribution is -2.11. The Labute approximate surface area is 86.1 Å². The second-order valence-corrected chi connectivity index (χ2v) is 3.79. The summed E-state index contributed by atoms with van der Waals surface area (Å²) < 4.78 is 0. The van der Waals surface area contributed by atoms with Crippen molar-refractivity contribution < 1.29 is 0 Å². The number of thiazole rings is 1. The Hall–Kier alpha value is -1.33. The number of nitrogens with zero attached hydrogens (tertiary/aromatic N) is 3. The highest BCUT2D eigenvalue weighted by Crippen LogP contribution is 2.04. The lowest BCUT2D eigenvalue weighted by Gasteiger charge is -2.01. The zero-order chi connectivity index (χ0) is 9.64. The third-order valence-electron chi connectivity index (χ3n) is 1.73. The monoisotopic (exact) mass is 206 g/mol. The number of aromatic nitrogens is 3. The van der Waals surface area contributed by atoms with E-state index in [2.05, 4.69) is 20.3 Å². The number of nitrogens with one attached hydrogen (secondary N) is 1. The van der Waals surface area contributed by atoms with E-state index in [1.807, 2.05) is 24.1 Å². The molecular weight excluding hydrogens is 196 g/mol. The van der Waals surface area contributed by atoms with Crippen LogP contribution < -0.4 is 5.32 Å². The summed E-state index contributed by atoms with van der Waals surface area (Å²) in [7, 11) is 0. The summed E-state index contributed by atoms with van der Waals surface area (Å²) >= 11 is 1.65. The van der Waals surface area contributed by atoms with E-state index < -0.39 is 0 Å². The van der Waals surface area contributed by atoms with Crippen molar-refractivity contribution >= 4 is 11.3 Å². The molecule has 2 aromatic rings. The van der Waals surface area contributed by atoms with E-state index in [1.54, 1.807) is 11.3 Å². The second kappa shape index (κ2) is 4.78. The zero-order valence-corrected chi connectivity index (χ0v) is 8.37. The van der Waals surface area contributed by atoms with Crippen molar-refractivity contribution in [2.75, 3.05) is 0 Å². The standard InChI is InChI=1S/C9H10N4S/c1(8-2-11-6-12-3-8)10-4-9-5-13-7-14-9/h2-3,5-7,10H,1,4H2. The molecule has 0 fully saturated rings. The molecule has 72 valence electrons. The van der Waals surface area contributed by atoms with Gasteiger partial charge in [0, 0.05) is 42.1 Å². The van der Waals surface area contributed by atoms with Crippen LogP contribution >= 0.6 is 11.3 Å². The average molecular weight is 206 g/mol. The van der Waals surface area contributed by atoms with Crippen LogP contribution in [0.25, 0.3) is 0 Å². The van der Waals surface area contributed by atoms with E-state index in [4.69, 9.17) is 0 Å². The Morgan fingerprint density at radius 2 is 1.93 bits per heavy atom. The molecule has 0 bridgehead atoms. The maximum Gasteiger partial charge on any atom is 0.115 e. The van der Waals surface area contributed by atoms with Crippen LogP contribution in [0.2, 0.25) is 0 Å². The summed E-state index contributed by atoms with van der Waals surface area (Å²) in [5, 5.41) is 3.29. The molecule has 0 aliphatic heterocycles. The van der Waals surface area contributed by atoms with Crippen LogP contribution in [0.5, 0.6) is 0 Å². The van der Waals surface area contributed by atoms with Gasteiger partial charge in [-0.1, -0.05) is 0 Å². The largest absolute Gasteiger partial charge is 0.308 e. The van der Waals surface area contributed by atoms with E-state index in [-0.39, 0.29) is 0 Å². The van der Waals surface area contributed by atoms with Crippen molar-refractivity contribution in [3.8, 4) is 0 Å². The molecule has 0 aliphatic carbocycles. The Kier molecular flexibility index (Phi) is 3.15. The zero-order valence-electron chi connectivity index (χ0n) is 7.55. The minimum atomic E-state index is 0.790. The minimum Gasteiger partial charge on any atom is -0.308 e. The smallest absolute Gasteiger partial charge is 0.115 e. The minimum absolute atomic E-state index is 0.790. The SMILES string of the molecule is c1ncc(CNCc2cncs2)cn1. The molecule has 0 atom stereocenters. The van der Waals surface area contributed by atoms with Gasteiger partial charge in [0.25, 0.3) is 0 Å². The first kappa shape index (κ1) is 9.23. The molecule has 4 nitrogen and oxygen atoms in total. The van der Waals surface area contributed by atoms with Gasteiger partial charge in [-0.15, -0.1) is 11.3 Å². The van der Waals surface area contributed by atoms with E-state index in [0.717, 1.165) is 18.7 Å². The molecule has 0 aliphatic rings. The molecule has 5 heteroatoms. The third-order valence-corrected chi connectivity index (χ3v) is 2.51. The van der Waals surface area contributed by atoms with Gasteiger partial charge in [-0.05, 0) is 0 Å². The van der Waals surface area contributed by atoms with Gasteiger partial charge in [-0.25, -0.2) is 9.97 Å². The molecule has 0 unspecified atom stereocenters. The van der Waals surface area contributed by atoms with Crippen molar-refractivity contribution in [3.05, 3.63) is 40.9 Å². The Balaban J connectivity index is 1.79. The molecule has 0 spiro atoms. The number of hydrogen-bond acceptors (Lipinski definition) is 5. The van der Waals surface area contributed by atoms with Crippen molar-refractivity contribution in [2.24, 2.45) is 0 Å². The summed E-state index contributed by atoms with van der Waals surface area (Å²) in [5.74, 6) is 0. The molecule has 14 heavy (non-hydrogen) atoms. The average Bonchev–Trinajstić information content (AvgIpc) is 2.72. The van der Waals surface area contributed by atoms with Gasteiger partial charge in [-0.2, -0.15) is 0 Å². The van der Waals surface area contributed by atoms with Gasteiger partial charge in [0.15, 0.2) is 0 Å². The van der Waals surface area contributed by atoms with Crippen molar-refractivity contribution in [2.45, 2.75) is 13.1 Å². The molecule has 2 aromatic heterocycles. The normalized spacial score (nSPS) is 10.3. The maximum atomic E-state index is 4.00. The van der Waals surface area contributed by atoms with Crippen LogP contribution in [0.4, 0.5) is 0 Å². The van der Waals surface area contributed by atoms with Crippen LogP contribution in [0.1, 0.15) is 10.4 Å². The predicted octanol–water partition coefficient (Wildman–Crippen LogP) is 1.22. The van der Waals surface area contributed by atoms with E-state index in [0.29, 0.717) is 0 Å². The maximum absolute atomic E-state index is 4.00. The molecular formula is C9H10N4S. The van der Waals surface area contributed by atoms with Crippen LogP contribution in [-0.2, 0) is 13.1 Å². The van der Waals surface area contributed by atoms with Crippen molar-refractivity contribution in [1.29, 1.82) is 0 Å². The number of rotatable bonds is 4. The summed E-state index contributed by atoms with van der Waals surface area (Å²) in [5.41, 5.74) is 2.93. The first-order valence-electron chi connectivity index (χ1n) is 4.27. The first-order chi connectivity index (χ1) is 6.95. The van der Waals surface area contributed by atoms with Gasteiger partial charge >= 0.3 is 0 Å². The quantitative estimate of drug-likeness (QED) is 0.817. The summed E-state index contributed by atoms with van der Waals surface area (Å²) in [6.45, 7) is 1.64. The van der Waals surface area contributed by atoms with E-state index in [9.17, 15) is 0 Å². The van der Waals surface area contributed by atoms with Crippen LogP contribution in [0.3, 0.4) is 0 Å². The lowest BCUT2D eigenvalue weighted by molar-refractivity contribution is 0.695. The molecule has 2 heterocycles. The molecule has 0 saturated carbocycles. The second-order valence-electron chi connectivity index (χ2n) is 2.82. The highest BCUT2D eigenvalue weighted by Gasteiger charge is 1.95. The van der Waals surface area contributed by atoms with Crippen molar-refractivity contribution in [3.63, 3.8) is 0 Å². The highest BCUT2D eigenvalue weighted by atomic mass is 32.1. The molecule has 0 radical (unpaired) electrons. The van der Waals surface area contributed by atoms with E-state index >= 15 is 0 Å². The fraction of sp³-hybridized carbons (Fsp3) is 0.222. The summed E-state index contributed by atoms with van der Waals surface area (Å²) in [6.07, 6.45) is 7.03. The van der Waals surface area contributed by atoms with Gasteiger partial charge < -0.3 is 5.32 Å². The summed E-state index contributed by atoms with van der Waals surface area (Å²) in [6, 6.07) is 0. The molecule has 1 N–H and O–H groups in total. The number of hydrogen-bond donors (Lipinski definition) is 1. The fourth-order valence-corrected chi connectivity index (χ4v) is 1.64. The first-order valence-corrected chi connectivity index (χ1v) is 5.15. The molecule has 0 aromatic carbocycles. The summed E-state index contributed by atoms with van der Waals surface area (Å²) in [4.78, 5) is 13.1. The van der Waals surface area contributed by atoms with Gasteiger partial charge in [-0.3, -0.25) is 4.98 Å². The predicted molar refractivity (Wildman–Crippen MR) is 54.7 cm³/mol. The van der Waals surface area contributed by atoms with Crippen LogP contribution in [0, 0.1) is 0 Å². The topological polar surface area (TPSA) is 50.7 Å². The van der Waals surface area contributed by atoms with Crippen LogP contribution in [-0.4, -0.2) is 15.0 Å². The van der Waals surface area contributed by atoms with Gasteiger partial charge in [0.1, 0.15) is 6.33 Å². The lowest BCUT2D eigenvalue weighted by atomic mass is 10.3. The Morgan fingerprint density at radius 1 is 1.07 bits per heavy atom. The molecule has 0 saturated heterocycles. The molecule has 0 amide bonds. The Morgan fingerprint density at radius 3 is 2.64 bits per heavy atom. The highest BCUT2D eigenvalue weighted by molar-refractivity contribution is 7.09. The third kappa shape index (κ3) is 2.58. The fourth-order valence-electron chi connectivity index (χ4n) is 1.08.